The third kappa shape index (κ3) is 4.83. The minimum absolute atomic E-state index is 0.145. The molecule has 14 heavy (non-hydrogen) atoms. The zero-order valence-electron chi connectivity index (χ0n) is 9.14. The van der Waals surface area contributed by atoms with E-state index >= 15 is 0 Å². The predicted molar refractivity (Wildman–Crippen MR) is 62.6 cm³/mol. The Morgan fingerprint density at radius 1 is 1.50 bits per heavy atom. The second kappa shape index (κ2) is 4.97. The average Bonchev–Trinajstić information content (AvgIpc) is 2.00. The Morgan fingerprint density at radius 2 is 2.00 bits per heavy atom. The first-order valence-electron chi connectivity index (χ1n) is 4.42. The Hall–Kier alpha value is -1.08. The van der Waals surface area contributed by atoms with Crippen molar-refractivity contribution in [2.24, 2.45) is 11.1 Å². The molecule has 0 aliphatic rings. The van der Waals surface area contributed by atoms with Gasteiger partial charge in [0.2, 0.25) is 0 Å². The van der Waals surface area contributed by atoms with Crippen molar-refractivity contribution < 1.29 is 0 Å². The lowest BCUT2D eigenvalue weighted by Gasteiger charge is -2.20. The molecule has 0 radical (unpaired) electrons. The highest BCUT2D eigenvalue weighted by Crippen LogP contribution is 2.12. The highest BCUT2D eigenvalue weighted by molar-refractivity contribution is 7.80. The molecular formula is C10H17N3S. The van der Waals surface area contributed by atoms with Crippen molar-refractivity contribution >= 4 is 17.2 Å². The van der Waals surface area contributed by atoms with Gasteiger partial charge in [0, 0.05) is 12.2 Å². The molecule has 0 atom stereocenters. The molecule has 0 aliphatic heterocycles. The van der Waals surface area contributed by atoms with Gasteiger partial charge in [-0.2, -0.15) is 5.26 Å². The Bertz CT molecular complexity index is 291. The summed E-state index contributed by atoms with van der Waals surface area (Å²) in [5, 5.41) is 11.9. The van der Waals surface area contributed by atoms with E-state index in [2.05, 4.69) is 26.1 Å². The first kappa shape index (κ1) is 12.9. The highest BCUT2D eigenvalue weighted by atomic mass is 32.1. The Morgan fingerprint density at radius 3 is 2.29 bits per heavy atom. The van der Waals surface area contributed by atoms with Crippen LogP contribution in [0.3, 0.4) is 0 Å². The molecule has 4 heteroatoms. The summed E-state index contributed by atoms with van der Waals surface area (Å²) in [6, 6.07) is 1.99. The Balaban J connectivity index is 4.53. The maximum absolute atomic E-state index is 8.78. The van der Waals surface area contributed by atoms with Crippen molar-refractivity contribution in [3.8, 4) is 6.07 Å². The van der Waals surface area contributed by atoms with E-state index < -0.39 is 0 Å². The van der Waals surface area contributed by atoms with Crippen LogP contribution in [0.1, 0.15) is 27.7 Å². The van der Waals surface area contributed by atoms with Gasteiger partial charge >= 0.3 is 0 Å². The summed E-state index contributed by atoms with van der Waals surface area (Å²) >= 11 is 4.76. The van der Waals surface area contributed by atoms with Gasteiger partial charge in [-0.1, -0.05) is 33.0 Å². The molecule has 0 aromatic heterocycles. The minimum atomic E-state index is 0.145. The molecule has 0 aromatic carbocycles. The van der Waals surface area contributed by atoms with Crippen molar-refractivity contribution in [3.05, 3.63) is 11.3 Å². The number of nitrogens with zero attached hydrogens (tertiary/aromatic N) is 1. The zero-order chi connectivity index (χ0) is 11.4. The van der Waals surface area contributed by atoms with E-state index in [0.717, 1.165) is 12.2 Å². The largest absolute Gasteiger partial charge is 0.389 e. The molecule has 0 heterocycles. The summed E-state index contributed by atoms with van der Waals surface area (Å²) in [7, 11) is 0. The standard InChI is InChI=1S/C10H17N3S/c1-7(8(5-11)9(12)14)13-6-10(2,3)4/h13H,6H2,1-4H3,(H2,12,14). The second-order valence-electron chi connectivity index (χ2n) is 4.39. The number of hydrogen-bond acceptors (Lipinski definition) is 3. The van der Waals surface area contributed by atoms with Crippen LogP contribution in [0.5, 0.6) is 0 Å². The summed E-state index contributed by atoms with van der Waals surface area (Å²) < 4.78 is 0. The second-order valence-corrected chi connectivity index (χ2v) is 4.83. The molecule has 0 fully saturated rings. The van der Waals surface area contributed by atoms with Gasteiger partial charge in [0.25, 0.3) is 0 Å². The van der Waals surface area contributed by atoms with E-state index in [1.165, 1.54) is 0 Å². The summed E-state index contributed by atoms with van der Waals surface area (Å²) in [6.07, 6.45) is 0. The van der Waals surface area contributed by atoms with E-state index in [-0.39, 0.29) is 10.4 Å². The van der Waals surface area contributed by atoms with Crippen LogP contribution >= 0.6 is 12.2 Å². The number of allylic oxidation sites excluding steroid dienone is 1. The quantitative estimate of drug-likeness (QED) is 0.424. The number of hydrogen-bond donors (Lipinski definition) is 2. The van der Waals surface area contributed by atoms with Crippen molar-refractivity contribution in [3.63, 3.8) is 0 Å². The van der Waals surface area contributed by atoms with Crippen LogP contribution in [0.15, 0.2) is 11.3 Å². The lowest BCUT2D eigenvalue weighted by molar-refractivity contribution is 0.397. The Labute approximate surface area is 91.0 Å². The van der Waals surface area contributed by atoms with Gasteiger partial charge in [-0.25, -0.2) is 0 Å². The maximum atomic E-state index is 8.78. The van der Waals surface area contributed by atoms with Crippen molar-refractivity contribution in [1.82, 2.24) is 5.32 Å². The van der Waals surface area contributed by atoms with Crippen LogP contribution in [0, 0.1) is 16.7 Å². The molecule has 0 saturated carbocycles. The molecular weight excluding hydrogens is 194 g/mol. The molecule has 0 bridgehead atoms. The summed E-state index contributed by atoms with van der Waals surface area (Å²) in [4.78, 5) is 0.145. The first-order chi connectivity index (χ1) is 6.28. The van der Waals surface area contributed by atoms with Crippen LogP contribution in [0.25, 0.3) is 0 Å². The van der Waals surface area contributed by atoms with Crippen molar-refractivity contribution in [2.75, 3.05) is 6.54 Å². The molecule has 0 unspecified atom stereocenters. The Kier molecular flexibility index (Phi) is 4.58. The van der Waals surface area contributed by atoms with Crippen LogP contribution < -0.4 is 11.1 Å². The lowest BCUT2D eigenvalue weighted by Crippen LogP contribution is -2.27. The summed E-state index contributed by atoms with van der Waals surface area (Å²) in [6.45, 7) is 8.93. The fourth-order valence-electron chi connectivity index (χ4n) is 0.810. The van der Waals surface area contributed by atoms with Gasteiger partial charge in [-0.05, 0) is 12.3 Å². The molecule has 0 aromatic rings. The SMILES string of the molecule is CC(NCC(C)(C)C)=C(C#N)C(N)=S. The molecule has 0 aliphatic carbocycles. The minimum Gasteiger partial charge on any atom is -0.389 e. The highest BCUT2D eigenvalue weighted by Gasteiger charge is 2.11. The predicted octanol–water partition coefficient (Wildman–Crippen LogP) is 1.71. The zero-order valence-corrected chi connectivity index (χ0v) is 9.96. The van der Waals surface area contributed by atoms with Gasteiger partial charge in [-0.15, -0.1) is 0 Å². The van der Waals surface area contributed by atoms with E-state index in [4.69, 9.17) is 23.2 Å². The average molecular weight is 211 g/mol. The molecule has 0 spiro atoms. The monoisotopic (exact) mass is 211 g/mol. The maximum Gasteiger partial charge on any atom is 0.116 e. The molecule has 0 amide bonds. The summed E-state index contributed by atoms with van der Waals surface area (Å²) in [5.41, 5.74) is 6.67. The van der Waals surface area contributed by atoms with E-state index in [1.807, 2.05) is 13.0 Å². The first-order valence-corrected chi connectivity index (χ1v) is 4.83. The topological polar surface area (TPSA) is 61.8 Å². The van der Waals surface area contributed by atoms with Gasteiger partial charge in [-0.3, -0.25) is 0 Å². The molecule has 3 nitrogen and oxygen atoms in total. The third-order valence-electron chi connectivity index (χ3n) is 1.62. The normalized spacial score (nSPS) is 12.8. The fourth-order valence-corrected chi connectivity index (χ4v) is 1.01. The smallest absolute Gasteiger partial charge is 0.116 e. The molecule has 78 valence electrons. The lowest BCUT2D eigenvalue weighted by atomic mass is 9.97. The van der Waals surface area contributed by atoms with E-state index in [0.29, 0.717) is 5.57 Å². The summed E-state index contributed by atoms with van der Waals surface area (Å²) in [5.74, 6) is 0. The molecule has 0 saturated heterocycles. The van der Waals surface area contributed by atoms with E-state index in [1.54, 1.807) is 0 Å². The fraction of sp³-hybridized carbons (Fsp3) is 0.600. The van der Waals surface area contributed by atoms with E-state index in [9.17, 15) is 0 Å². The number of rotatable bonds is 3. The number of nitrogens with one attached hydrogen (secondary N) is 1. The number of nitrogens with two attached hydrogens (primary N) is 1. The number of nitriles is 1. The van der Waals surface area contributed by atoms with Gasteiger partial charge in [0.1, 0.15) is 16.6 Å². The van der Waals surface area contributed by atoms with Crippen LogP contribution in [0.2, 0.25) is 0 Å². The number of thiocarbonyl (C=S) groups is 1. The molecule has 3 N–H and O–H groups in total. The third-order valence-corrected chi connectivity index (χ3v) is 1.82. The van der Waals surface area contributed by atoms with Gasteiger partial charge in [0.15, 0.2) is 0 Å². The van der Waals surface area contributed by atoms with Gasteiger partial charge < -0.3 is 11.1 Å². The van der Waals surface area contributed by atoms with Crippen LogP contribution in [-0.4, -0.2) is 11.5 Å². The van der Waals surface area contributed by atoms with Crippen molar-refractivity contribution in [2.45, 2.75) is 27.7 Å². The van der Waals surface area contributed by atoms with Crippen molar-refractivity contribution in [1.29, 1.82) is 5.26 Å². The van der Waals surface area contributed by atoms with Gasteiger partial charge in [0.05, 0.1) is 0 Å². The van der Waals surface area contributed by atoms with Crippen LogP contribution in [0.4, 0.5) is 0 Å². The molecule has 0 rings (SSSR count). The van der Waals surface area contributed by atoms with Crippen LogP contribution in [-0.2, 0) is 0 Å².